The molecule has 4 heteroatoms. The van der Waals surface area contributed by atoms with Crippen LogP contribution in [-0.2, 0) is 19.1 Å². The maximum absolute atomic E-state index is 13.4. The van der Waals surface area contributed by atoms with Gasteiger partial charge >= 0.3 is 5.97 Å². The van der Waals surface area contributed by atoms with Crippen LogP contribution in [0.4, 0.5) is 0 Å². The molecule has 0 aromatic rings. The summed E-state index contributed by atoms with van der Waals surface area (Å²) in [6, 6.07) is 0. The second kappa shape index (κ2) is 8.81. The highest BCUT2D eigenvalue weighted by Crippen LogP contribution is 2.42. The van der Waals surface area contributed by atoms with Gasteiger partial charge < -0.3 is 9.47 Å². The summed E-state index contributed by atoms with van der Waals surface area (Å²) in [5.74, 6) is -0.0426. The average Bonchev–Trinajstić information content (AvgIpc) is 2.60. The summed E-state index contributed by atoms with van der Waals surface area (Å²) in [6.45, 7) is 4.59. The Morgan fingerprint density at radius 2 is 1.57 bits per heavy atom. The lowest BCUT2D eigenvalue weighted by molar-refractivity contribution is -0.168. The zero-order valence-electron chi connectivity index (χ0n) is 14.8. The molecular weight excluding hydrogens is 292 g/mol. The summed E-state index contributed by atoms with van der Waals surface area (Å²) in [6.07, 6.45) is 9.41. The molecule has 0 amide bonds. The minimum atomic E-state index is -0.953. The molecule has 2 aliphatic carbocycles. The molecule has 1 atom stereocenters. The van der Waals surface area contributed by atoms with E-state index in [1.54, 1.807) is 6.92 Å². The number of hydrogen-bond acceptors (Lipinski definition) is 4. The van der Waals surface area contributed by atoms with Crippen molar-refractivity contribution in [2.24, 2.45) is 11.3 Å². The third-order valence-corrected chi connectivity index (χ3v) is 5.53. The molecule has 1 unspecified atom stereocenters. The molecule has 4 nitrogen and oxygen atoms in total. The molecule has 0 bridgehead atoms. The zero-order valence-corrected chi connectivity index (χ0v) is 14.8. The van der Waals surface area contributed by atoms with Crippen LogP contribution in [0, 0.1) is 11.3 Å². The molecular formula is C19H32O4. The Labute approximate surface area is 140 Å². The van der Waals surface area contributed by atoms with Gasteiger partial charge in [-0.15, -0.1) is 0 Å². The van der Waals surface area contributed by atoms with E-state index in [1.165, 1.54) is 6.42 Å². The number of carbonyl (C=O) groups excluding carboxylic acids is 2. The van der Waals surface area contributed by atoms with Crippen LogP contribution in [0.2, 0.25) is 0 Å². The molecule has 0 spiro atoms. The first-order chi connectivity index (χ1) is 11.2. The summed E-state index contributed by atoms with van der Waals surface area (Å²) >= 11 is 0. The van der Waals surface area contributed by atoms with Crippen LogP contribution in [0.25, 0.3) is 0 Å². The molecule has 2 aliphatic rings. The van der Waals surface area contributed by atoms with Crippen molar-refractivity contribution in [2.75, 3.05) is 13.2 Å². The van der Waals surface area contributed by atoms with E-state index in [9.17, 15) is 9.59 Å². The zero-order chi connectivity index (χ0) is 16.7. The Hall–Kier alpha value is -0.900. The number of rotatable bonds is 7. The fourth-order valence-electron chi connectivity index (χ4n) is 4.29. The molecule has 0 heterocycles. The van der Waals surface area contributed by atoms with E-state index in [1.807, 2.05) is 6.92 Å². The topological polar surface area (TPSA) is 52.6 Å². The Morgan fingerprint density at radius 3 is 2.13 bits per heavy atom. The van der Waals surface area contributed by atoms with Crippen LogP contribution in [0.1, 0.15) is 78.1 Å². The standard InChI is InChI=1S/C19H32O4/c1-3-22-16(15-11-7-5-8-12-15)17(20)19(18(21)23-4-2)13-9-6-10-14-19/h15-16H,3-14H2,1-2H3. The molecule has 0 saturated heterocycles. The molecule has 0 N–H and O–H groups in total. The van der Waals surface area contributed by atoms with Gasteiger partial charge in [0, 0.05) is 6.61 Å². The smallest absolute Gasteiger partial charge is 0.319 e. The molecule has 0 aromatic heterocycles. The van der Waals surface area contributed by atoms with Crippen molar-refractivity contribution in [3.8, 4) is 0 Å². The normalized spacial score (nSPS) is 23.2. The Balaban J connectivity index is 2.23. The quantitative estimate of drug-likeness (QED) is 0.523. The summed E-state index contributed by atoms with van der Waals surface area (Å²) in [5, 5.41) is 0. The van der Waals surface area contributed by atoms with Crippen molar-refractivity contribution >= 4 is 11.8 Å². The Morgan fingerprint density at radius 1 is 0.957 bits per heavy atom. The van der Waals surface area contributed by atoms with Crippen LogP contribution in [0.5, 0.6) is 0 Å². The summed E-state index contributed by atoms with van der Waals surface area (Å²) < 4.78 is 11.2. The minimum Gasteiger partial charge on any atom is -0.465 e. The minimum absolute atomic E-state index is 0.00407. The van der Waals surface area contributed by atoms with Gasteiger partial charge in [0.15, 0.2) is 5.78 Å². The lowest BCUT2D eigenvalue weighted by atomic mass is 9.67. The lowest BCUT2D eigenvalue weighted by Crippen LogP contribution is -2.50. The number of hydrogen-bond donors (Lipinski definition) is 0. The Kier molecular flexibility index (Phi) is 7.07. The summed E-state index contributed by atoms with van der Waals surface area (Å²) in [4.78, 5) is 26.1. The van der Waals surface area contributed by atoms with Crippen molar-refractivity contribution in [1.29, 1.82) is 0 Å². The molecule has 2 saturated carbocycles. The van der Waals surface area contributed by atoms with Crippen LogP contribution in [0.15, 0.2) is 0 Å². The van der Waals surface area contributed by atoms with E-state index < -0.39 is 11.5 Å². The van der Waals surface area contributed by atoms with E-state index in [0.29, 0.717) is 26.1 Å². The van der Waals surface area contributed by atoms with Crippen molar-refractivity contribution in [3.63, 3.8) is 0 Å². The van der Waals surface area contributed by atoms with Crippen LogP contribution in [-0.4, -0.2) is 31.1 Å². The fourth-order valence-corrected chi connectivity index (χ4v) is 4.29. The van der Waals surface area contributed by atoms with Gasteiger partial charge in [-0.05, 0) is 45.4 Å². The molecule has 132 valence electrons. The van der Waals surface area contributed by atoms with Gasteiger partial charge in [-0.25, -0.2) is 0 Å². The van der Waals surface area contributed by atoms with Gasteiger partial charge in [0.25, 0.3) is 0 Å². The third-order valence-electron chi connectivity index (χ3n) is 5.53. The predicted molar refractivity (Wildman–Crippen MR) is 89.1 cm³/mol. The van der Waals surface area contributed by atoms with Gasteiger partial charge in [0.2, 0.25) is 0 Å². The highest BCUT2D eigenvalue weighted by molar-refractivity contribution is 6.06. The fraction of sp³-hybridized carbons (Fsp3) is 0.895. The van der Waals surface area contributed by atoms with E-state index in [4.69, 9.17) is 9.47 Å². The maximum Gasteiger partial charge on any atom is 0.319 e. The van der Waals surface area contributed by atoms with Crippen LogP contribution < -0.4 is 0 Å². The van der Waals surface area contributed by atoms with Crippen molar-refractivity contribution in [2.45, 2.75) is 84.2 Å². The number of Topliss-reactive ketones (excluding diaryl/α,β-unsaturated/α-hetero) is 1. The average molecular weight is 324 g/mol. The number of ketones is 1. The largest absolute Gasteiger partial charge is 0.465 e. The van der Waals surface area contributed by atoms with Crippen molar-refractivity contribution < 1.29 is 19.1 Å². The molecule has 23 heavy (non-hydrogen) atoms. The van der Waals surface area contributed by atoms with Gasteiger partial charge in [-0.1, -0.05) is 38.5 Å². The van der Waals surface area contributed by atoms with Crippen LogP contribution in [0.3, 0.4) is 0 Å². The van der Waals surface area contributed by atoms with Gasteiger partial charge in [-0.3, -0.25) is 9.59 Å². The summed E-state index contributed by atoms with van der Waals surface area (Å²) in [5.41, 5.74) is -0.953. The van der Waals surface area contributed by atoms with Crippen molar-refractivity contribution in [1.82, 2.24) is 0 Å². The highest BCUT2D eigenvalue weighted by Gasteiger charge is 2.51. The monoisotopic (exact) mass is 324 g/mol. The summed E-state index contributed by atoms with van der Waals surface area (Å²) in [7, 11) is 0. The first-order valence-electron chi connectivity index (χ1n) is 9.49. The van der Waals surface area contributed by atoms with E-state index >= 15 is 0 Å². The van der Waals surface area contributed by atoms with Gasteiger partial charge in [0.1, 0.15) is 11.5 Å². The Bertz CT molecular complexity index is 392. The predicted octanol–water partition coefficient (Wildman–Crippen LogP) is 4.05. The van der Waals surface area contributed by atoms with E-state index in [2.05, 4.69) is 0 Å². The molecule has 0 radical (unpaired) electrons. The molecule has 0 aromatic carbocycles. The SMILES string of the molecule is CCOC(=O)C1(C(=O)C(OCC)C2CCCCC2)CCCCC1. The number of ether oxygens (including phenoxy) is 2. The van der Waals surface area contributed by atoms with Gasteiger partial charge in [0.05, 0.1) is 6.61 Å². The van der Waals surface area contributed by atoms with E-state index in [0.717, 1.165) is 44.9 Å². The first kappa shape index (κ1) is 18.4. The molecule has 0 aliphatic heterocycles. The molecule has 2 rings (SSSR count). The second-order valence-corrected chi connectivity index (χ2v) is 7.00. The highest BCUT2D eigenvalue weighted by atomic mass is 16.5. The van der Waals surface area contributed by atoms with Gasteiger partial charge in [-0.2, -0.15) is 0 Å². The van der Waals surface area contributed by atoms with Crippen molar-refractivity contribution in [3.05, 3.63) is 0 Å². The lowest BCUT2D eigenvalue weighted by Gasteiger charge is -2.38. The second-order valence-electron chi connectivity index (χ2n) is 7.00. The third kappa shape index (κ3) is 4.14. The molecule has 2 fully saturated rings. The maximum atomic E-state index is 13.4. The van der Waals surface area contributed by atoms with Crippen LogP contribution >= 0.6 is 0 Å². The number of esters is 1. The van der Waals surface area contributed by atoms with E-state index in [-0.39, 0.29) is 17.7 Å². The first-order valence-corrected chi connectivity index (χ1v) is 9.49. The number of carbonyl (C=O) groups is 2.